The van der Waals surface area contributed by atoms with Gasteiger partial charge in [-0.3, -0.25) is 4.79 Å². The molecule has 0 aromatic carbocycles. The topological polar surface area (TPSA) is 132 Å². The second-order valence-electron chi connectivity index (χ2n) is 19.2. The van der Waals surface area contributed by atoms with Gasteiger partial charge in [-0.1, -0.05) is 6.58 Å². The van der Waals surface area contributed by atoms with Crippen LogP contribution in [0.25, 0.3) is 0 Å². The van der Waals surface area contributed by atoms with Crippen molar-refractivity contribution in [1.82, 2.24) is 0 Å². The van der Waals surface area contributed by atoms with E-state index in [0.717, 1.165) is 0 Å². The third-order valence-corrected chi connectivity index (χ3v) is 12.7. The molecule has 0 amide bonds. The van der Waals surface area contributed by atoms with E-state index in [2.05, 4.69) is 6.58 Å². The zero-order valence-electron chi connectivity index (χ0n) is 33.0. The lowest BCUT2D eigenvalue weighted by atomic mass is 9.29. The Balaban J connectivity index is 2.28. The van der Waals surface area contributed by atoms with Crippen LogP contribution in [0.5, 0.6) is 0 Å². The first-order chi connectivity index (χ1) is 23.3. The maximum absolute atomic E-state index is 13.9. The second-order valence-corrected chi connectivity index (χ2v) is 19.2. The molecule has 0 spiro atoms. The Labute approximate surface area is 309 Å². The number of rotatable bonds is 17. The number of alkyl halides is 6. The summed E-state index contributed by atoms with van der Waals surface area (Å²) >= 11 is 0. The zero-order chi connectivity index (χ0) is 41.3. The fourth-order valence-corrected chi connectivity index (χ4v) is 9.31. The van der Waals surface area contributed by atoms with Crippen LogP contribution < -0.4 is 0 Å². The van der Waals surface area contributed by atoms with E-state index in [4.69, 9.17) is 18.9 Å². The smallest absolute Gasteiger partial charge is 0.419 e. The lowest BCUT2D eigenvalue weighted by Gasteiger charge is -2.77. The van der Waals surface area contributed by atoms with Crippen LogP contribution in [0.2, 0.25) is 0 Å². The molecular formula is C38H60F6O9. The molecule has 4 rings (SSSR count). The van der Waals surface area contributed by atoms with Crippen molar-refractivity contribution in [2.45, 2.75) is 167 Å². The van der Waals surface area contributed by atoms with E-state index in [1.165, 1.54) is 6.92 Å². The van der Waals surface area contributed by atoms with E-state index in [1.54, 1.807) is 41.5 Å². The minimum atomic E-state index is -5.03. The SMILES string of the molecule is C=C(C)C(=O)OCC(=O)CC12CC3(C(C)(C)OCC(C)(C)O)CC(C(C)(C)OCC(C)(O)C(F)(F)F)(C1)CC(C(C)(C)OCC(C)(O)C(F)(F)F)(C2)C3. The lowest BCUT2D eigenvalue weighted by molar-refractivity contribution is -0.346. The van der Waals surface area contributed by atoms with Crippen LogP contribution in [0, 0.1) is 21.7 Å². The summed E-state index contributed by atoms with van der Waals surface area (Å²) in [6.07, 6.45) is -8.62. The van der Waals surface area contributed by atoms with Crippen LogP contribution in [-0.2, 0) is 28.5 Å². The highest BCUT2D eigenvalue weighted by atomic mass is 19.4. The minimum Gasteiger partial charge on any atom is -0.454 e. The first-order valence-electron chi connectivity index (χ1n) is 17.9. The van der Waals surface area contributed by atoms with Crippen molar-refractivity contribution in [2.75, 3.05) is 26.4 Å². The minimum absolute atomic E-state index is 0.0810. The Morgan fingerprint density at radius 1 is 0.604 bits per heavy atom. The van der Waals surface area contributed by atoms with Crippen molar-refractivity contribution in [3.05, 3.63) is 12.2 Å². The van der Waals surface area contributed by atoms with Gasteiger partial charge in [-0.2, -0.15) is 26.3 Å². The van der Waals surface area contributed by atoms with Crippen LogP contribution in [0.1, 0.15) is 121 Å². The Bertz CT molecular complexity index is 1350. The maximum atomic E-state index is 13.9. The van der Waals surface area contributed by atoms with Gasteiger partial charge >= 0.3 is 18.3 Å². The standard InChI is InChI=1S/C38H60F6O9/c1-24(2)26(46)50-14-25(45)13-33-15-34(28(5,6)51-21-27(3,4)47)18-35(16-33,29(7,8)52-22-31(11,48)37(39,40)41)20-36(17-33,19-34)30(9,10)53-23-32(12,49)38(42,43)44/h47-49H,1,13-23H2,2-12H3. The van der Waals surface area contributed by atoms with Gasteiger partial charge < -0.3 is 34.3 Å². The highest BCUT2D eigenvalue weighted by Crippen LogP contribution is 2.81. The van der Waals surface area contributed by atoms with Gasteiger partial charge in [0.2, 0.25) is 0 Å². The molecule has 4 bridgehead atoms. The van der Waals surface area contributed by atoms with Gasteiger partial charge in [0.05, 0.1) is 42.2 Å². The molecule has 15 heteroatoms. The van der Waals surface area contributed by atoms with E-state index in [-0.39, 0.29) is 37.9 Å². The van der Waals surface area contributed by atoms with E-state index in [0.29, 0.717) is 33.1 Å². The van der Waals surface area contributed by atoms with Gasteiger partial charge in [0.1, 0.15) is 6.61 Å². The Hall–Kier alpha value is -1.78. The zero-order valence-corrected chi connectivity index (χ0v) is 33.0. The van der Waals surface area contributed by atoms with E-state index in [9.17, 15) is 51.3 Å². The monoisotopic (exact) mass is 774 g/mol. The molecule has 308 valence electrons. The number of ketones is 1. The molecule has 4 unspecified atom stereocenters. The fraction of sp³-hybridized carbons (Fsp3) is 0.895. The summed E-state index contributed by atoms with van der Waals surface area (Å²) in [5.74, 6) is -1.22. The normalized spacial score (nSPS) is 30.5. The molecule has 0 aliphatic heterocycles. The summed E-state index contributed by atoms with van der Waals surface area (Å²) < 4.78 is 107. The number of hydrogen-bond donors (Lipinski definition) is 3. The number of Topliss-reactive ketones (excluding diaryl/α,β-unsaturated/α-hetero) is 1. The number of carbonyl (C=O) groups excluding carboxylic acids is 2. The van der Waals surface area contributed by atoms with Crippen molar-refractivity contribution in [1.29, 1.82) is 0 Å². The summed E-state index contributed by atoms with van der Waals surface area (Å²) in [6, 6.07) is 0. The quantitative estimate of drug-likeness (QED) is 0.0800. The molecule has 4 saturated carbocycles. The number of carbonyl (C=O) groups is 2. The largest absolute Gasteiger partial charge is 0.454 e. The second kappa shape index (κ2) is 13.7. The van der Waals surface area contributed by atoms with Gasteiger partial charge in [0.15, 0.2) is 17.0 Å². The maximum Gasteiger partial charge on any atom is 0.419 e. The third-order valence-electron chi connectivity index (χ3n) is 12.7. The number of ether oxygens (including phenoxy) is 4. The molecule has 3 N–H and O–H groups in total. The highest BCUT2D eigenvalue weighted by Gasteiger charge is 2.77. The first-order valence-corrected chi connectivity index (χ1v) is 17.9. The lowest BCUT2D eigenvalue weighted by Crippen LogP contribution is -2.74. The number of aliphatic hydroxyl groups is 3. The molecule has 0 radical (unpaired) electrons. The molecule has 4 fully saturated rings. The van der Waals surface area contributed by atoms with Crippen LogP contribution in [-0.4, -0.2) is 99.5 Å². The molecule has 4 atom stereocenters. The van der Waals surface area contributed by atoms with Crippen molar-refractivity contribution in [2.24, 2.45) is 21.7 Å². The van der Waals surface area contributed by atoms with Gasteiger partial charge in [0.25, 0.3) is 0 Å². The molecule has 0 aromatic rings. The fourth-order valence-electron chi connectivity index (χ4n) is 9.31. The Morgan fingerprint density at radius 3 is 1.21 bits per heavy atom. The van der Waals surface area contributed by atoms with Crippen LogP contribution in [0.4, 0.5) is 26.3 Å². The number of hydrogen-bond acceptors (Lipinski definition) is 9. The molecule has 0 aromatic heterocycles. The summed E-state index contributed by atoms with van der Waals surface area (Å²) in [4.78, 5) is 26.0. The van der Waals surface area contributed by atoms with E-state index < -0.39 is 99.2 Å². The van der Waals surface area contributed by atoms with Gasteiger partial charge in [-0.15, -0.1) is 0 Å². The predicted molar refractivity (Wildman–Crippen MR) is 183 cm³/mol. The molecular weight excluding hydrogens is 714 g/mol. The molecule has 9 nitrogen and oxygen atoms in total. The summed E-state index contributed by atoms with van der Waals surface area (Å²) in [6.45, 7) is 16.5. The average molecular weight is 775 g/mol. The van der Waals surface area contributed by atoms with Crippen molar-refractivity contribution >= 4 is 11.8 Å². The van der Waals surface area contributed by atoms with Crippen molar-refractivity contribution in [3.8, 4) is 0 Å². The Morgan fingerprint density at radius 2 is 0.925 bits per heavy atom. The van der Waals surface area contributed by atoms with E-state index >= 15 is 0 Å². The number of esters is 1. The Kier molecular flexibility index (Phi) is 11.8. The number of halogens is 6. The molecule has 4 aliphatic rings. The summed E-state index contributed by atoms with van der Waals surface area (Å²) in [5, 5.41) is 31.5. The van der Waals surface area contributed by atoms with Crippen molar-refractivity contribution < 1.29 is 70.2 Å². The molecule has 0 saturated heterocycles. The predicted octanol–water partition coefficient (Wildman–Crippen LogP) is 7.18. The van der Waals surface area contributed by atoms with Crippen LogP contribution in [0.15, 0.2) is 12.2 Å². The van der Waals surface area contributed by atoms with Crippen LogP contribution in [0.3, 0.4) is 0 Å². The van der Waals surface area contributed by atoms with Gasteiger partial charge in [-0.05, 0) is 120 Å². The molecule has 0 heterocycles. The third kappa shape index (κ3) is 8.95. The summed E-state index contributed by atoms with van der Waals surface area (Å²) in [5.41, 5.74) is -15.7. The molecule has 4 aliphatic carbocycles. The average Bonchev–Trinajstić information content (AvgIpc) is 2.94. The highest BCUT2D eigenvalue weighted by molar-refractivity contribution is 5.90. The van der Waals surface area contributed by atoms with E-state index in [1.807, 2.05) is 13.8 Å². The van der Waals surface area contributed by atoms with Crippen molar-refractivity contribution in [3.63, 3.8) is 0 Å². The summed E-state index contributed by atoms with van der Waals surface area (Å²) in [7, 11) is 0. The first kappa shape index (κ1) is 45.6. The molecule has 53 heavy (non-hydrogen) atoms. The van der Waals surface area contributed by atoms with Gasteiger partial charge in [-0.25, -0.2) is 4.79 Å². The van der Waals surface area contributed by atoms with Crippen LogP contribution >= 0.6 is 0 Å². The van der Waals surface area contributed by atoms with Gasteiger partial charge in [0, 0.05) is 28.2 Å².